The second kappa shape index (κ2) is 4.43. The molecule has 0 saturated carbocycles. The molecule has 0 spiro atoms. The highest BCUT2D eigenvalue weighted by molar-refractivity contribution is 5.81. The van der Waals surface area contributed by atoms with E-state index in [-0.39, 0.29) is 5.82 Å². The summed E-state index contributed by atoms with van der Waals surface area (Å²) < 4.78 is 13.3. The third-order valence-corrected chi connectivity index (χ3v) is 2.80. The van der Waals surface area contributed by atoms with Crippen molar-refractivity contribution < 1.29 is 4.39 Å². The number of hydrogen-bond acceptors (Lipinski definition) is 1. The molecule has 0 radical (unpaired) electrons. The van der Waals surface area contributed by atoms with Crippen LogP contribution >= 0.6 is 0 Å². The fraction of sp³-hybridized carbons (Fsp3) is 0.417. The van der Waals surface area contributed by atoms with Crippen molar-refractivity contribution in [1.82, 2.24) is 4.90 Å². The maximum absolute atomic E-state index is 13.3. The maximum Gasteiger partial charge on any atom is 0.126 e. The SMILES string of the molecule is N=C(Cc1ccccc1F)N1CCCC1. The van der Waals surface area contributed by atoms with Crippen LogP contribution < -0.4 is 0 Å². The van der Waals surface area contributed by atoms with Crippen LogP contribution in [-0.4, -0.2) is 23.8 Å². The highest BCUT2D eigenvalue weighted by Crippen LogP contribution is 2.12. The highest BCUT2D eigenvalue weighted by atomic mass is 19.1. The van der Waals surface area contributed by atoms with Crippen molar-refractivity contribution in [3.63, 3.8) is 0 Å². The van der Waals surface area contributed by atoms with E-state index in [4.69, 9.17) is 5.41 Å². The molecular formula is C12H15FN2. The largest absolute Gasteiger partial charge is 0.360 e. The first-order valence-electron chi connectivity index (χ1n) is 5.33. The maximum atomic E-state index is 13.3. The molecule has 3 heteroatoms. The van der Waals surface area contributed by atoms with Gasteiger partial charge < -0.3 is 4.90 Å². The van der Waals surface area contributed by atoms with Gasteiger partial charge in [0.05, 0.1) is 0 Å². The summed E-state index contributed by atoms with van der Waals surface area (Å²) in [5.41, 5.74) is 0.620. The molecule has 0 bridgehead atoms. The third kappa shape index (κ3) is 2.35. The number of likely N-dealkylation sites (tertiary alicyclic amines) is 1. The van der Waals surface area contributed by atoms with Crippen LogP contribution in [0.15, 0.2) is 24.3 Å². The smallest absolute Gasteiger partial charge is 0.126 e. The summed E-state index contributed by atoms with van der Waals surface area (Å²) in [6.07, 6.45) is 2.71. The van der Waals surface area contributed by atoms with E-state index in [1.54, 1.807) is 12.1 Å². The molecule has 1 saturated heterocycles. The lowest BCUT2D eigenvalue weighted by atomic mass is 10.1. The summed E-state index contributed by atoms with van der Waals surface area (Å²) in [6.45, 7) is 1.90. The van der Waals surface area contributed by atoms with Crippen LogP contribution in [0, 0.1) is 11.2 Å². The molecule has 0 atom stereocenters. The van der Waals surface area contributed by atoms with E-state index in [1.165, 1.54) is 6.07 Å². The Kier molecular flexibility index (Phi) is 2.99. The zero-order chi connectivity index (χ0) is 10.7. The zero-order valence-corrected chi connectivity index (χ0v) is 8.67. The Morgan fingerprint density at radius 2 is 1.93 bits per heavy atom. The quantitative estimate of drug-likeness (QED) is 0.584. The number of benzene rings is 1. The van der Waals surface area contributed by atoms with Gasteiger partial charge in [0, 0.05) is 19.5 Å². The number of nitrogens with one attached hydrogen (secondary N) is 1. The fourth-order valence-corrected chi connectivity index (χ4v) is 1.92. The first kappa shape index (κ1) is 10.1. The fourth-order valence-electron chi connectivity index (χ4n) is 1.92. The topological polar surface area (TPSA) is 27.1 Å². The second-order valence-electron chi connectivity index (χ2n) is 3.91. The Balaban J connectivity index is 2.02. The first-order chi connectivity index (χ1) is 7.27. The molecular weight excluding hydrogens is 191 g/mol. The predicted octanol–water partition coefficient (Wildman–Crippen LogP) is 2.44. The molecule has 80 valence electrons. The van der Waals surface area contributed by atoms with E-state index in [0.717, 1.165) is 25.9 Å². The minimum absolute atomic E-state index is 0.207. The number of rotatable bonds is 2. The summed E-state index contributed by atoms with van der Waals surface area (Å²) in [5, 5.41) is 7.88. The molecule has 1 aliphatic rings. The molecule has 1 fully saturated rings. The molecule has 0 aliphatic carbocycles. The minimum Gasteiger partial charge on any atom is -0.360 e. The van der Waals surface area contributed by atoms with Crippen LogP contribution in [0.25, 0.3) is 0 Å². The summed E-state index contributed by atoms with van der Waals surface area (Å²) in [5.74, 6) is 0.332. The Bertz CT molecular complexity index is 356. The van der Waals surface area contributed by atoms with Crippen molar-refractivity contribution in [2.24, 2.45) is 0 Å². The second-order valence-corrected chi connectivity index (χ2v) is 3.91. The summed E-state index contributed by atoms with van der Waals surface area (Å²) in [6, 6.07) is 6.69. The van der Waals surface area contributed by atoms with E-state index >= 15 is 0 Å². The van der Waals surface area contributed by atoms with Gasteiger partial charge in [-0.3, -0.25) is 5.41 Å². The Morgan fingerprint density at radius 3 is 2.60 bits per heavy atom. The molecule has 0 aromatic heterocycles. The van der Waals surface area contributed by atoms with Crippen LogP contribution in [0.5, 0.6) is 0 Å². The molecule has 1 aliphatic heterocycles. The minimum atomic E-state index is -0.207. The van der Waals surface area contributed by atoms with Crippen molar-refractivity contribution in [1.29, 1.82) is 5.41 Å². The van der Waals surface area contributed by atoms with E-state index in [1.807, 2.05) is 11.0 Å². The van der Waals surface area contributed by atoms with Crippen LogP contribution in [0.4, 0.5) is 4.39 Å². The normalized spacial score (nSPS) is 15.7. The molecule has 1 heterocycles. The van der Waals surface area contributed by atoms with Crippen molar-refractivity contribution in [3.8, 4) is 0 Å². The number of nitrogens with zero attached hydrogens (tertiary/aromatic N) is 1. The van der Waals surface area contributed by atoms with Crippen LogP contribution in [-0.2, 0) is 6.42 Å². The van der Waals surface area contributed by atoms with Crippen molar-refractivity contribution in [2.45, 2.75) is 19.3 Å². The van der Waals surface area contributed by atoms with Crippen molar-refractivity contribution in [3.05, 3.63) is 35.6 Å². The molecule has 0 amide bonds. The predicted molar refractivity (Wildman–Crippen MR) is 58.6 cm³/mol. The average Bonchev–Trinajstić information content (AvgIpc) is 2.74. The van der Waals surface area contributed by atoms with Crippen LogP contribution in [0.2, 0.25) is 0 Å². The van der Waals surface area contributed by atoms with E-state index in [0.29, 0.717) is 17.8 Å². The van der Waals surface area contributed by atoms with Crippen LogP contribution in [0.1, 0.15) is 18.4 Å². The Morgan fingerprint density at radius 1 is 1.27 bits per heavy atom. The Hall–Kier alpha value is -1.38. The number of hydrogen-bond donors (Lipinski definition) is 1. The number of amidine groups is 1. The van der Waals surface area contributed by atoms with Gasteiger partial charge in [-0.25, -0.2) is 4.39 Å². The standard InChI is InChI=1S/C12H15FN2/c13-11-6-2-1-5-10(11)9-12(14)15-7-3-4-8-15/h1-2,5-6,14H,3-4,7-9H2. The van der Waals surface area contributed by atoms with Crippen LogP contribution in [0.3, 0.4) is 0 Å². The van der Waals surface area contributed by atoms with Gasteiger partial charge in [0.2, 0.25) is 0 Å². The summed E-state index contributed by atoms with van der Waals surface area (Å²) in [7, 11) is 0. The van der Waals surface area contributed by atoms with E-state index < -0.39 is 0 Å². The average molecular weight is 206 g/mol. The third-order valence-electron chi connectivity index (χ3n) is 2.80. The van der Waals surface area contributed by atoms with E-state index in [2.05, 4.69) is 0 Å². The van der Waals surface area contributed by atoms with Gasteiger partial charge in [-0.2, -0.15) is 0 Å². The molecule has 1 aromatic carbocycles. The lowest BCUT2D eigenvalue weighted by Crippen LogP contribution is -2.28. The van der Waals surface area contributed by atoms with Gasteiger partial charge in [-0.05, 0) is 24.5 Å². The molecule has 0 unspecified atom stereocenters. The number of halogens is 1. The van der Waals surface area contributed by atoms with Crippen molar-refractivity contribution >= 4 is 5.84 Å². The highest BCUT2D eigenvalue weighted by Gasteiger charge is 2.15. The van der Waals surface area contributed by atoms with Gasteiger partial charge >= 0.3 is 0 Å². The Labute approximate surface area is 89.2 Å². The molecule has 1 N–H and O–H groups in total. The van der Waals surface area contributed by atoms with Gasteiger partial charge in [0.25, 0.3) is 0 Å². The zero-order valence-electron chi connectivity index (χ0n) is 8.67. The van der Waals surface area contributed by atoms with E-state index in [9.17, 15) is 4.39 Å². The monoisotopic (exact) mass is 206 g/mol. The molecule has 2 rings (SSSR count). The molecule has 15 heavy (non-hydrogen) atoms. The van der Waals surface area contributed by atoms with Gasteiger partial charge in [0.15, 0.2) is 0 Å². The van der Waals surface area contributed by atoms with Gasteiger partial charge in [-0.1, -0.05) is 18.2 Å². The first-order valence-corrected chi connectivity index (χ1v) is 5.33. The molecule has 1 aromatic rings. The summed E-state index contributed by atoms with van der Waals surface area (Å²) >= 11 is 0. The summed E-state index contributed by atoms with van der Waals surface area (Å²) in [4.78, 5) is 2.03. The van der Waals surface area contributed by atoms with Gasteiger partial charge in [0.1, 0.15) is 11.7 Å². The van der Waals surface area contributed by atoms with Gasteiger partial charge in [-0.15, -0.1) is 0 Å². The molecule has 2 nitrogen and oxygen atoms in total. The van der Waals surface area contributed by atoms with Crippen molar-refractivity contribution in [2.75, 3.05) is 13.1 Å². The lowest BCUT2D eigenvalue weighted by Gasteiger charge is -2.18. The lowest BCUT2D eigenvalue weighted by molar-refractivity contribution is 0.504.